The van der Waals surface area contributed by atoms with Gasteiger partial charge in [0.05, 0.1) is 19.3 Å². The van der Waals surface area contributed by atoms with Crippen LogP contribution in [0.4, 0.5) is 0 Å². The molecule has 0 aromatic heterocycles. The Morgan fingerprint density at radius 2 is 1.88 bits per heavy atom. The van der Waals surface area contributed by atoms with Gasteiger partial charge in [-0.15, -0.1) is 0 Å². The number of nitrogens with one attached hydrogen (secondary N) is 1. The van der Waals surface area contributed by atoms with Crippen LogP contribution in [-0.4, -0.2) is 70.0 Å². The third-order valence-electron chi connectivity index (χ3n) is 2.45. The molecular formula is C9H19N3O4S. The molecule has 0 radical (unpaired) electrons. The van der Waals surface area contributed by atoms with Gasteiger partial charge in [-0.25, -0.2) is 0 Å². The van der Waals surface area contributed by atoms with Gasteiger partial charge in [0.1, 0.15) is 0 Å². The molecule has 1 N–H and O–H groups in total. The highest BCUT2D eigenvalue weighted by Gasteiger charge is 2.28. The van der Waals surface area contributed by atoms with E-state index in [-0.39, 0.29) is 5.91 Å². The molecule has 100 valence electrons. The summed E-state index contributed by atoms with van der Waals surface area (Å²) < 4.78 is 32.5. The number of morpholine rings is 1. The Bertz CT molecular complexity index is 362. The minimum atomic E-state index is -3.61. The van der Waals surface area contributed by atoms with Gasteiger partial charge in [0, 0.05) is 27.2 Å². The van der Waals surface area contributed by atoms with Gasteiger partial charge >= 0.3 is 0 Å². The third-order valence-corrected chi connectivity index (χ3v) is 4.14. The second kappa shape index (κ2) is 5.76. The van der Waals surface area contributed by atoms with Crippen molar-refractivity contribution in [2.24, 2.45) is 0 Å². The second-order valence-electron chi connectivity index (χ2n) is 4.09. The van der Waals surface area contributed by atoms with Crippen molar-refractivity contribution in [3.05, 3.63) is 0 Å². The number of hydrogen-bond donors (Lipinski definition) is 1. The molecule has 0 bridgehead atoms. The maximum Gasteiger partial charge on any atom is 0.280 e. The Morgan fingerprint density at radius 3 is 2.35 bits per heavy atom. The first kappa shape index (κ1) is 14.4. The molecule has 1 aliphatic heterocycles. The fourth-order valence-electron chi connectivity index (χ4n) is 1.52. The largest absolute Gasteiger partial charge is 0.379 e. The summed E-state index contributed by atoms with van der Waals surface area (Å²) in [6, 6.07) is -0.766. The zero-order valence-corrected chi connectivity index (χ0v) is 11.2. The lowest BCUT2D eigenvalue weighted by Crippen LogP contribution is -2.52. The summed E-state index contributed by atoms with van der Waals surface area (Å²) >= 11 is 0. The fraction of sp³-hybridized carbons (Fsp3) is 0.889. The molecular weight excluding hydrogens is 246 g/mol. The van der Waals surface area contributed by atoms with E-state index >= 15 is 0 Å². The normalized spacial score (nSPS) is 19.9. The lowest BCUT2D eigenvalue weighted by Gasteiger charge is -2.28. The Kier molecular flexibility index (Phi) is 4.87. The number of carbonyl (C=O) groups is 1. The van der Waals surface area contributed by atoms with Gasteiger partial charge in [0.15, 0.2) is 0 Å². The minimum Gasteiger partial charge on any atom is -0.379 e. The molecule has 0 aromatic rings. The van der Waals surface area contributed by atoms with Gasteiger partial charge < -0.3 is 9.64 Å². The zero-order chi connectivity index (χ0) is 13.1. The van der Waals surface area contributed by atoms with Crippen LogP contribution in [-0.2, 0) is 19.7 Å². The smallest absolute Gasteiger partial charge is 0.280 e. The summed E-state index contributed by atoms with van der Waals surface area (Å²) in [4.78, 5) is 12.9. The molecule has 17 heavy (non-hydrogen) atoms. The van der Waals surface area contributed by atoms with Gasteiger partial charge in [0.2, 0.25) is 5.91 Å². The Hall–Kier alpha value is -0.700. The molecule has 1 fully saturated rings. The van der Waals surface area contributed by atoms with Gasteiger partial charge in [-0.2, -0.15) is 17.4 Å². The van der Waals surface area contributed by atoms with Crippen molar-refractivity contribution in [2.45, 2.75) is 13.0 Å². The molecule has 0 saturated carbocycles. The van der Waals surface area contributed by atoms with E-state index in [0.29, 0.717) is 26.3 Å². The molecule has 1 aliphatic rings. The van der Waals surface area contributed by atoms with Crippen LogP contribution in [0.25, 0.3) is 0 Å². The van der Waals surface area contributed by atoms with Crippen LogP contribution in [0.1, 0.15) is 6.92 Å². The van der Waals surface area contributed by atoms with Crippen LogP contribution in [0.5, 0.6) is 0 Å². The van der Waals surface area contributed by atoms with Crippen molar-refractivity contribution < 1.29 is 17.9 Å². The molecule has 8 heteroatoms. The molecule has 1 saturated heterocycles. The predicted octanol–water partition coefficient (Wildman–Crippen LogP) is -1.37. The monoisotopic (exact) mass is 265 g/mol. The highest BCUT2D eigenvalue weighted by molar-refractivity contribution is 7.87. The van der Waals surface area contributed by atoms with Crippen LogP contribution < -0.4 is 4.72 Å². The minimum absolute atomic E-state index is 0.276. The Labute approximate surface area is 102 Å². The van der Waals surface area contributed by atoms with E-state index in [1.807, 2.05) is 0 Å². The van der Waals surface area contributed by atoms with E-state index in [0.717, 1.165) is 0 Å². The van der Waals surface area contributed by atoms with E-state index in [9.17, 15) is 13.2 Å². The first-order chi connectivity index (χ1) is 7.84. The molecule has 0 unspecified atom stereocenters. The lowest BCUT2D eigenvalue weighted by atomic mass is 10.3. The maximum atomic E-state index is 11.9. The molecule has 1 amide bonds. The zero-order valence-electron chi connectivity index (χ0n) is 10.3. The molecule has 7 nitrogen and oxygen atoms in total. The number of ether oxygens (including phenoxy) is 1. The van der Waals surface area contributed by atoms with Crippen LogP contribution in [0.15, 0.2) is 0 Å². The maximum absolute atomic E-state index is 11.9. The highest BCUT2D eigenvalue weighted by atomic mass is 32.2. The predicted molar refractivity (Wildman–Crippen MR) is 62.6 cm³/mol. The van der Waals surface area contributed by atoms with Crippen molar-refractivity contribution >= 4 is 16.1 Å². The standard InChI is InChI=1S/C9H19N3O4S/c1-8(9(13)11(2)3)10-17(14,15)12-4-6-16-7-5-12/h8,10H,4-7H2,1-3H3/t8-/m1/s1. The van der Waals surface area contributed by atoms with Crippen molar-refractivity contribution in [3.63, 3.8) is 0 Å². The van der Waals surface area contributed by atoms with E-state index in [1.165, 1.54) is 16.1 Å². The summed E-state index contributed by atoms with van der Waals surface area (Å²) in [7, 11) is -0.435. The molecule has 1 rings (SSSR count). The number of rotatable bonds is 4. The van der Waals surface area contributed by atoms with E-state index in [4.69, 9.17) is 4.74 Å². The summed E-state index contributed by atoms with van der Waals surface area (Å²) in [6.45, 7) is 2.94. The van der Waals surface area contributed by atoms with E-state index in [2.05, 4.69) is 4.72 Å². The van der Waals surface area contributed by atoms with Crippen LogP contribution >= 0.6 is 0 Å². The molecule has 0 aromatic carbocycles. The SMILES string of the molecule is C[C@@H](NS(=O)(=O)N1CCOCC1)C(=O)N(C)C. The summed E-state index contributed by atoms with van der Waals surface area (Å²) in [5, 5.41) is 0. The summed E-state index contributed by atoms with van der Waals surface area (Å²) in [5.74, 6) is -0.276. The van der Waals surface area contributed by atoms with Crippen molar-refractivity contribution in [1.82, 2.24) is 13.9 Å². The first-order valence-electron chi connectivity index (χ1n) is 5.41. The van der Waals surface area contributed by atoms with Crippen molar-refractivity contribution in [3.8, 4) is 0 Å². The van der Waals surface area contributed by atoms with Crippen LogP contribution in [0, 0.1) is 0 Å². The lowest BCUT2D eigenvalue weighted by molar-refractivity contribution is -0.130. The number of amides is 1. The molecule has 0 spiro atoms. The van der Waals surface area contributed by atoms with Crippen LogP contribution in [0.2, 0.25) is 0 Å². The van der Waals surface area contributed by atoms with Gasteiger partial charge in [0.25, 0.3) is 10.2 Å². The second-order valence-corrected chi connectivity index (χ2v) is 5.79. The summed E-state index contributed by atoms with van der Waals surface area (Å²) in [6.07, 6.45) is 0. The number of nitrogens with zero attached hydrogens (tertiary/aromatic N) is 2. The summed E-state index contributed by atoms with van der Waals surface area (Å²) in [5.41, 5.74) is 0. The first-order valence-corrected chi connectivity index (χ1v) is 6.85. The highest BCUT2D eigenvalue weighted by Crippen LogP contribution is 2.04. The fourth-order valence-corrected chi connectivity index (χ4v) is 2.85. The molecule has 1 atom stereocenters. The molecule has 1 heterocycles. The van der Waals surface area contributed by atoms with Gasteiger partial charge in [-0.05, 0) is 6.92 Å². The Balaban J connectivity index is 2.62. The van der Waals surface area contributed by atoms with Gasteiger partial charge in [-0.3, -0.25) is 4.79 Å². The topological polar surface area (TPSA) is 79.0 Å². The average molecular weight is 265 g/mol. The number of likely N-dealkylation sites (N-methyl/N-ethyl adjacent to an activating group) is 1. The number of carbonyl (C=O) groups excluding carboxylic acids is 1. The van der Waals surface area contributed by atoms with Gasteiger partial charge in [-0.1, -0.05) is 0 Å². The number of hydrogen-bond acceptors (Lipinski definition) is 4. The van der Waals surface area contributed by atoms with Crippen molar-refractivity contribution in [1.29, 1.82) is 0 Å². The Morgan fingerprint density at radius 1 is 1.35 bits per heavy atom. The van der Waals surface area contributed by atoms with Crippen molar-refractivity contribution in [2.75, 3.05) is 40.4 Å². The average Bonchev–Trinajstić information content (AvgIpc) is 2.28. The van der Waals surface area contributed by atoms with E-state index < -0.39 is 16.3 Å². The quantitative estimate of drug-likeness (QED) is 0.680. The third kappa shape index (κ3) is 3.91. The van der Waals surface area contributed by atoms with Crippen LogP contribution in [0.3, 0.4) is 0 Å². The van der Waals surface area contributed by atoms with E-state index in [1.54, 1.807) is 14.1 Å². The molecule has 0 aliphatic carbocycles.